The minimum absolute atomic E-state index is 0.262. The summed E-state index contributed by atoms with van der Waals surface area (Å²) < 4.78 is 11.0. The third-order valence-electron chi connectivity index (χ3n) is 4.45. The fraction of sp³-hybridized carbons (Fsp3) is 0.263. The second kappa shape index (κ2) is 7.94. The maximum atomic E-state index is 8.79. The molecule has 1 aliphatic rings. The smallest absolute Gasteiger partial charge is 0.158 e. The molecular weight excluding hydrogens is 358 g/mol. The summed E-state index contributed by atoms with van der Waals surface area (Å²) in [5.74, 6) is 1.86. The van der Waals surface area contributed by atoms with E-state index in [1.165, 1.54) is 12.4 Å². The van der Waals surface area contributed by atoms with Crippen LogP contribution in [0.3, 0.4) is 0 Å². The Morgan fingerprint density at radius 1 is 1.18 bits per heavy atom. The van der Waals surface area contributed by atoms with Gasteiger partial charge >= 0.3 is 0 Å². The molecule has 3 heterocycles. The molecule has 0 spiro atoms. The lowest BCUT2D eigenvalue weighted by Gasteiger charge is -2.29. The van der Waals surface area contributed by atoms with Crippen LogP contribution in [0, 0.1) is 11.3 Å². The van der Waals surface area contributed by atoms with Crippen LogP contribution in [0.2, 0.25) is 0 Å². The SMILES string of the molecule is COc1cc(N2CCOCC2)ccc1-c1cc(Nc2cnc(C#N)cn2)n[nH]1. The van der Waals surface area contributed by atoms with Crippen molar-refractivity contribution in [3.05, 3.63) is 42.4 Å². The summed E-state index contributed by atoms with van der Waals surface area (Å²) in [7, 11) is 1.66. The average Bonchev–Trinajstić information content (AvgIpc) is 3.22. The van der Waals surface area contributed by atoms with Crippen LogP contribution in [0.5, 0.6) is 5.75 Å². The number of nitriles is 1. The number of benzene rings is 1. The molecule has 0 unspecified atom stereocenters. The van der Waals surface area contributed by atoms with Crippen molar-refractivity contribution in [2.45, 2.75) is 0 Å². The fourth-order valence-electron chi connectivity index (χ4n) is 3.03. The summed E-state index contributed by atoms with van der Waals surface area (Å²) in [6, 6.07) is 9.92. The van der Waals surface area contributed by atoms with Crippen LogP contribution in [0.4, 0.5) is 17.3 Å². The highest BCUT2D eigenvalue weighted by molar-refractivity contribution is 5.73. The van der Waals surface area contributed by atoms with Gasteiger partial charge < -0.3 is 19.7 Å². The fourth-order valence-corrected chi connectivity index (χ4v) is 3.03. The molecule has 1 fully saturated rings. The Morgan fingerprint density at radius 2 is 2.04 bits per heavy atom. The van der Waals surface area contributed by atoms with E-state index in [9.17, 15) is 0 Å². The Kier molecular flexibility index (Phi) is 5.03. The molecule has 2 N–H and O–H groups in total. The van der Waals surface area contributed by atoms with Gasteiger partial charge in [0.2, 0.25) is 0 Å². The van der Waals surface area contributed by atoms with Crippen LogP contribution in [0.15, 0.2) is 36.7 Å². The van der Waals surface area contributed by atoms with Crippen LogP contribution in [0.1, 0.15) is 5.69 Å². The first-order chi connectivity index (χ1) is 13.8. The molecule has 1 aromatic carbocycles. The molecule has 0 bridgehead atoms. The van der Waals surface area contributed by atoms with Gasteiger partial charge in [0.25, 0.3) is 0 Å². The minimum Gasteiger partial charge on any atom is -0.496 e. The van der Waals surface area contributed by atoms with Crippen molar-refractivity contribution < 1.29 is 9.47 Å². The zero-order valence-electron chi connectivity index (χ0n) is 15.3. The van der Waals surface area contributed by atoms with Crippen LogP contribution >= 0.6 is 0 Å². The van der Waals surface area contributed by atoms with Gasteiger partial charge in [-0.3, -0.25) is 5.10 Å². The van der Waals surface area contributed by atoms with E-state index in [2.05, 4.69) is 36.4 Å². The van der Waals surface area contributed by atoms with E-state index in [1.807, 2.05) is 24.3 Å². The molecule has 0 amide bonds. The molecule has 0 saturated carbocycles. The van der Waals surface area contributed by atoms with Crippen molar-refractivity contribution in [3.63, 3.8) is 0 Å². The van der Waals surface area contributed by atoms with Crippen molar-refractivity contribution in [1.82, 2.24) is 20.2 Å². The van der Waals surface area contributed by atoms with Crippen LogP contribution in [0.25, 0.3) is 11.3 Å². The first-order valence-electron chi connectivity index (χ1n) is 8.82. The number of rotatable bonds is 5. The third-order valence-corrected chi connectivity index (χ3v) is 4.45. The van der Waals surface area contributed by atoms with Gasteiger partial charge in [0.05, 0.1) is 38.4 Å². The molecule has 0 aliphatic carbocycles. The lowest BCUT2D eigenvalue weighted by Crippen LogP contribution is -2.36. The maximum Gasteiger partial charge on any atom is 0.158 e. The zero-order chi connectivity index (χ0) is 19.3. The van der Waals surface area contributed by atoms with Crippen molar-refractivity contribution in [2.24, 2.45) is 0 Å². The van der Waals surface area contributed by atoms with Gasteiger partial charge in [-0.05, 0) is 12.1 Å². The van der Waals surface area contributed by atoms with Crippen molar-refractivity contribution >= 4 is 17.3 Å². The van der Waals surface area contributed by atoms with Gasteiger partial charge in [-0.15, -0.1) is 0 Å². The number of methoxy groups -OCH3 is 1. The topological polar surface area (TPSA) is 112 Å². The second-order valence-corrected chi connectivity index (χ2v) is 6.17. The highest BCUT2D eigenvalue weighted by Crippen LogP contribution is 2.34. The van der Waals surface area contributed by atoms with Crippen molar-refractivity contribution in [2.75, 3.05) is 43.6 Å². The zero-order valence-corrected chi connectivity index (χ0v) is 15.3. The summed E-state index contributed by atoms with van der Waals surface area (Å²) in [5, 5.41) is 19.1. The summed E-state index contributed by atoms with van der Waals surface area (Å²) in [4.78, 5) is 10.4. The van der Waals surface area contributed by atoms with Gasteiger partial charge in [-0.2, -0.15) is 10.4 Å². The standard InChI is InChI=1S/C19H19N7O2/c1-27-17-8-14(26-4-6-28-7-5-26)2-3-15(17)16-9-18(25-24-16)23-19-12-21-13(10-20)11-22-19/h2-3,8-9,11-12H,4-7H2,1H3,(H2,22,23,24,25). The molecule has 1 aliphatic heterocycles. The lowest BCUT2D eigenvalue weighted by atomic mass is 10.1. The Labute approximate surface area is 161 Å². The number of ether oxygens (including phenoxy) is 2. The first kappa shape index (κ1) is 17.8. The number of nitrogens with zero attached hydrogens (tertiary/aromatic N) is 5. The molecular formula is C19H19N7O2. The Balaban J connectivity index is 1.54. The van der Waals surface area contributed by atoms with E-state index in [0.29, 0.717) is 11.6 Å². The van der Waals surface area contributed by atoms with Gasteiger partial charge in [0.15, 0.2) is 11.5 Å². The molecule has 3 aromatic rings. The molecule has 0 atom stereocenters. The van der Waals surface area contributed by atoms with E-state index >= 15 is 0 Å². The minimum atomic E-state index is 0.262. The van der Waals surface area contributed by atoms with Gasteiger partial charge in [0.1, 0.15) is 17.6 Å². The van der Waals surface area contributed by atoms with Gasteiger partial charge in [0, 0.05) is 36.5 Å². The maximum absolute atomic E-state index is 8.79. The molecule has 9 heteroatoms. The second-order valence-electron chi connectivity index (χ2n) is 6.17. The van der Waals surface area contributed by atoms with Gasteiger partial charge in [-0.1, -0.05) is 0 Å². The quantitative estimate of drug-likeness (QED) is 0.697. The Bertz CT molecular complexity index is 988. The third kappa shape index (κ3) is 3.72. The molecule has 0 radical (unpaired) electrons. The molecule has 1 saturated heterocycles. The lowest BCUT2D eigenvalue weighted by molar-refractivity contribution is 0.122. The number of hydrogen-bond donors (Lipinski definition) is 2. The predicted molar refractivity (Wildman–Crippen MR) is 104 cm³/mol. The molecule has 4 rings (SSSR count). The van der Waals surface area contributed by atoms with Crippen molar-refractivity contribution in [1.29, 1.82) is 5.26 Å². The van der Waals surface area contributed by atoms with E-state index in [1.54, 1.807) is 7.11 Å². The predicted octanol–water partition coefficient (Wildman–Crippen LogP) is 2.33. The van der Waals surface area contributed by atoms with E-state index in [4.69, 9.17) is 14.7 Å². The van der Waals surface area contributed by atoms with E-state index in [0.717, 1.165) is 49.0 Å². The number of aromatic nitrogens is 4. The molecule has 9 nitrogen and oxygen atoms in total. The largest absolute Gasteiger partial charge is 0.496 e. The summed E-state index contributed by atoms with van der Waals surface area (Å²) >= 11 is 0. The first-order valence-corrected chi connectivity index (χ1v) is 8.82. The van der Waals surface area contributed by atoms with E-state index in [-0.39, 0.29) is 5.69 Å². The number of hydrogen-bond acceptors (Lipinski definition) is 8. The summed E-state index contributed by atoms with van der Waals surface area (Å²) in [5.41, 5.74) is 3.09. The van der Waals surface area contributed by atoms with Crippen LogP contribution in [-0.4, -0.2) is 53.6 Å². The number of morpholine rings is 1. The van der Waals surface area contributed by atoms with Crippen LogP contribution in [-0.2, 0) is 4.74 Å². The number of nitrogens with one attached hydrogen (secondary N) is 2. The van der Waals surface area contributed by atoms with E-state index < -0.39 is 0 Å². The monoisotopic (exact) mass is 377 g/mol. The highest BCUT2D eigenvalue weighted by atomic mass is 16.5. The number of aromatic amines is 1. The normalized spacial score (nSPS) is 13.8. The summed E-state index contributed by atoms with van der Waals surface area (Å²) in [6.45, 7) is 3.20. The highest BCUT2D eigenvalue weighted by Gasteiger charge is 2.15. The van der Waals surface area contributed by atoms with Crippen LogP contribution < -0.4 is 15.0 Å². The number of anilines is 3. The molecule has 2 aromatic heterocycles. The number of H-pyrrole nitrogens is 1. The molecule has 142 valence electrons. The molecule has 28 heavy (non-hydrogen) atoms. The Hall–Kier alpha value is -3.64. The Morgan fingerprint density at radius 3 is 2.75 bits per heavy atom. The van der Waals surface area contributed by atoms with Crippen molar-refractivity contribution in [3.8, 4) is 23.1 Å². The van der Waals surface area contributed by atoms with Gasteiger partial charge in [-0.25, -0.2) is 9.97 Å². The summed E-state index contributed by atoms with van der Waals surface area (Å²) in [6.07, 6.45) is 2.90. The average molecular weight is 377 g/mol.